The maximum atomic E-state index is 13.0. The van der Waals surface area contributed by atoms with Crippen LogP contribution in [0.2, 0.25) is 0 Å². The van der Waals surface area contributed by atoms with Crippen LogP contribution in [0, 0.1) is 12.8 Å². The van der Waals surface area contributed by atoms with Crippen LogP contribution < -0.4 is 10.8 Å². The van der Waals surface area contributed by atoms with Crippen LogP contribution in [0.3, 0.4) is 0 Å². The summed E-state index contributed by atoms with van der Waals surface area (Å²) in [5.74, 6) is -4.63. The van der Waals surface area contributed by atoms with Crippen LogP contribution in [0.15, 0.2) is 60.8 Å². The predicted molar refractivity (Wildman–Crippen MR) is 136 cm³/mol. The van der Waals surface area contributed by atoms with Crippen LogP contribution in [0.5, 0.6) is 0 Å². The number of hydrogen-bond acceptors (Lipinski definition) is 5. The van der Waals surface area contributed by atoms with Gasteiger partial charge in [0.15, 0.2) is 0 Å². The third-order valence-electron chi connectivity index (χ3n) is 6.95. The van der Waals surface area contributed by atoms with Gasteiger partial charge in [0.05, 0.1) is 11.4 Å². The number of rotatable bonds is 5. The molecule has 39 heavy (non-hydrogen) atoms. The first-order chi connectivity index (χ1) is 18.6. The number of halogens is 3. The van der Waals surface area contributed by atoms with E-state index in [9.17, 15) is 27.6 Å². The van der Waals surface area contributed by atoms with Gasteiger partial charge in [0, 0.05) is 46.3 Å². The van der Waals surface area contributed by atoms with Crippen LogP contribution in [0.25, 0.3) is 21.8 Å². The Hall–Kier alpha value is -4.41. The standard InChI is InChI=1S/C28H25F3N4O4/c1-16-13-19(20-5-2-3-7-22(20)32-16)15-35-12-11-17-14-18(9-10-24(17)35)25(36)33-23-8-4-6-21(23)26(37)34-39-27(38)28(29,30)31/h2-3,5,7,9-14,21,23H,4,6,8,15H2,1H3,(H,33,36)(H,34,37). The van der Waals surface area contributed by atoms with E-state index in [0.717, 1.165) is 33.1 Å². The van der Waals surface area contributed by atoms with E-state index in [4.69, 9.17) is 0 Å². The van der Waals surface area contributed by atoms with Crippen molar-refractivity contribution in [2.24, 2.45) is 5.92 Å². The molecule has 0 spiro atoms. The second-order valence-electron chi connectivity index (χ2n) is 9.63. The first-order valence-corrected chi connectivity index (χ1v) is 12.4. The molecule has 202 valence electrons. The van der Waals surface area contributed by atoms with Gasteiger partial charge in [-0.05, 0) is 61.7 Å². The van der Waals surface area contributed by atoms with Gasteiger partial charge in [-0.3, -0.25) is 14.6 Å². The second-order valence-corrected chi connectivity index (χ2v) is 9.63. The minimum atomic E-state index is -5.22. The molecular formula is C28H25F3N4O4. The van der Waals surface area contributed by atoms with E-state index in [1.54, 1.807) is 17.6 Å². The van der Waals surface area contributed by atoms with Crippen molar-refractivity contribution in [1.29, 1.82) is 0 Å². The lowest BCUT2D eigenvalue weighted by molar-refractivity contribution is -0.208. The first kappa shape index (κ1) is 26.2. The lowest BCUT2D eigenvalue weighted by atomic mass is 10.0. The van der Waals surface area contributed by atoms with Gasteiger partial charge in [0.25, 0.3) is 11.8 Å². The number of aryl methyl sites for hydroxylation is 1. The highest BCUT2D eigenvalue weighted by Gasteiger charge is 2.43. The van der Waals surface area contributed by atoms with Gasteiger partial charge in [-0.2, -0.15) is 18.7 Å². The Bertz CT molecular complexity index is 1580. The number of hydrogen-bond donors (Lipinski definition) is 2. The van der Waals surface area contributed by atoms with E-state index in [-0.39, 0.29) is 0 Å². The molecule has 1 saturated carbocycles. The number of carbonyl (C=O) groups excluding carboxylic acids is 3. The largest absolute Gasteiger partial charge is 0.493 e. The summed E-state index contributed by atoms with van der Waals surface area (Å²) in [5.41, 5.74) is 5.88. The minimum absolute atomic E-state index is 0.339. The number of nitrogens with zero attached hydrogens (tertiary/aromatic N) is 2. The highest BCUT2D eigenvalue weighted by molar-refractivity contribution is 5.98. The Morgan fingerprint density at radius 3 is 2.67 bits per heavy atom. The van der Waals surface area contributed by atoms with Crippen molar-refractivity contribution < 1.29 is 32.4 Å². The number of aromatic nitrogens is 2. The second kappa shape index (κ2) is 10.4. The SMILES string of the molecule is Cc1cc(Cn2ccc3cc(C(=O)NC4CCCC4C(=O)NOC(=O)C(F)(F)F)ccc32)c2ccccc2n1. The van der Waals surface area contributed by atoms with Crippen molar-refractivity contribution in [2.75, 3.05) is 0 Å². The van der Waals surface area contributed by atoms with Crippen molar-refractivity contribution in [1.82, 2.24) is 20.3 Å². The third kappa shape index (κ3) is 5.57. The summed E-state index contributed by atoms with van der Waals surface area (Å²) in [6.45, 7) is 2.58. The molecule has 2 unspecified atom stereocenters. The molecule has 2 amide bonds. The zero-order valence-corrected chi connectivity index (χ0v) is 20.9. The molecule has 1 fully saturated rings. The molecule has 2 atom stereocenters. The summed E-state index contributed by atoms with van der Waals surface area (Å²) < 4.78 is 39.1. The van der Waals surface area contributed by atoms with Crippen LogP contribution >= 0.6 is 0 Å². The summed E-state index contributed by atoms with van der Waals surface area (Å²) in [6, 6.07) is 16.7. The molecule has 8 nitrogen and oxygen atoms in total. The zero-order chi connectivity index (χ0) is 27.7. The van der Waals surface area contributed by atoms with Crippen molar-refractivity contribution in [3.63, 3.8) is 0 Å². The molecule has 2 aromatic carbocycles. The van der Waals surface area contributed by atoms with Gasteiger partial charge in [0.1, 0.15) is 0 Å². The number of nitrogens with one attached hydrogen (secondary N) is 2. The van der Waals surface area contributed by atoms with Crippen LogP contribution in [0.1, 0.15) is 40.9 Å². The van der Waals surface area contributed by atoms with Crippen molar-refractivity contribution in [3.05, 3.63) is 77.6 Å². The molecule has 5 rings (SSSR count). The van der Waals surface area contributed by atoms with Gasteiger partial charge in [-0.15, -0.1) is 0 Å². The fourth-order valence-electron chi connectivity index (χ4n) is 5.12. The van der Waals surface area contributed by atoms with E-state index in [2.05, 4.69) is 25.8 Å². The molecule has 11 heteroatoms. The van der Waals surface area contributed by atoms with Gasteiger partial charge in [-0.1, -0.05) is 24.6 Å². The number of alkyl halides is 3. The molecule has 1 aliphatic carbocycles. The van der Waals surface area contributed by atoms with Gasteiger partial charge in [-0.25, -0.2) is 4.79 Å². The summed E-state index contributed by atoms with van der Waals surface area (Å²) in [6.07, 6.45) is -1.88. The smallest absolute Gasteiger partial charge is 0.349 e. The van der Waals surface area contributed by atoms with Gasteiger partial charge in [0.2, 0.25) is 0 Å². The van der Waals surface area contributed by atoms with Crippen molar-refractivity contribution in [2.45, 2.75) is 44.9 Å². The third-order valence-corrected chi connectivity index (χ3v) is 6.95. The average Bonchev–Trinajstić information content (AvgIpc) is 3.53. The highest BCUT2D eigenvalue weighted by atomic mass is 19.4. The molecule has 2 N–H and O–H groups in total. The van der Waals surface area contributed by atoms with Crippen molar-refractivity contribution >= 4 is 39.6 Å². The topological polar surface area (TPSA) is 102 Å². The number of carbonyl (C=O) groups is 3. The van der Waals surface area contributed by atoms with Crippen molar-refractivity contribution in [3.8, 4) is 0 Å². The normalized spacial score (nSPS) is 17.3. The molecule has 0 bridgehead atoms. The van der Waals surface area contributed by atoms with Crippen LogP contribution in [-0.2, 0) is 21.0 Å². The summed E-state index contributed by atoms with van der Waals surface area (Å²) in [5, 5.41) is 4.74. The number of pyridine rings is 1. The molecule has 1 aliphatic rings. The van der Waals surface area contributed by atoms with Crippen LogP contribution in [-0.4, -0.2) is 39.6 Å². The summed E-state index contributed by atoms with van der Waals surface area (Å²) >= 11 is 0. The van der Waals surface area contributed by atoms with Gasteiger partial charge < -0.3 is 14.7 Å². The summed E-state index contributed by atoms with van der Waals surface area (Å²) in [4.78, 5) is 44.7. The fourth-order valence-corrected chi connectivity index (χ4v) is 5.12. The molecule has 2 heterocycles. The summed E-state index contributed by atoms with van der Waals surface area (Å²) in [7, 11) is 0. The maximum Gasteiger partial charge on any atom is 0.493 e. The number of para-hydroxylation sites is 1. The quantitative estimate of drug-likeness (QED) is 0.362. The molecule has 0 saturated heterocycles. The highest BCUT2D eigenvalue weighted by Crippen LogP contribution is 2.27. The molecule has 0 radical (unpaired) electrons. The Morgan fingerprint density at radius 1 is 1.08 bits per heavy atom. The Labute approximate surface area is 221 Å². The maximum absolute atomic E-state index is 13.0. The van der Waals surface area contributed by atoms with Crippen LogP contribution in [0.4, 0.5) is 13.2 Å². The Morgan fingerprint density at radius 2 is 1.87 bits per heavy atom. The predicted octanol–water partition coefficient (Wildman–Crippen LogP) is 4.58. The number of fused-ring (bicyclic) bond motifs is 2. The molecule has 2 aromatic heterocycles. The zero-order valence-electron chi connectivity index (χ0n) is 20.9. The molecule has 0 aliphatic heterocycles. The Kier molecular flexibility index (Phi) is 6.98. The fraction of sp³-hybridized carbons (Fsp3) is 0.286. The first-order valence-electron chi connectivity index (χ1n) is 12.4. The van der Waals surface area contributed by atoms with Gasteiger partial charge >= 0.3 is 12.1 Å². The van der Waals surface area contributed by atoms with E-state index in [0.29, 0.717) is 31.4 Å². The van der Waals surface area contributed by atoms with E-state index >= 15 is 0 Å². The van der Waals surface area contributed by atoms with E-state index in [1.807, 2.05) is 49.5 Å². The average molecular weight is 539 g/mol. The lowest BCUT2D eigenvalue weighted by Gasteiger charge is -2.20. The molecular weight excluding hydrogens is 513 g/mol. The van der Waals surface area contributed by atoms with E-state index in [1.165, 1.54) is 0 Å². The monoisotopic (exact) mass is 538 g/mol. The minimum Gasteiger partial charge on any atom is -0.349 e. The number of amides is 2. The number of hydroxylamine groups is 1. The Balaban J connectivity index is 1.28. The number of benzene rings is 2. The molecule has 4 aromatic rings. The lowest BCUT2D eigenvalue weighted by Crippen LogP contribution is -2.45. The van der Waals surface area contributed by atoms with E-state index < -0.39 is 35.9 Å².